The number of aryl methyl sites for hydroxylation is 1. The average Bonchev–Trinajstić information content (AvgIpc) is 4.15. The first-order chi connectivity index (χ1) is 31.9. The Hall–Kier alpha value is -7.17. The van der Waals surface area contributed by atoms with Crippen LogP contribution in [0.15, 0.2) is 72.5 Å². The summed E-state index contributed by atoms with van der Waals surface area (Å²) in [6.07, 6.45) is 5.75. The van der Waals surface area contributed by atoms with Gasteiger partial charge in [0.2, 0.25) is 11.8 Å². The van der Waals surface area contributed by atoms with Crippen molar-refractivity contribution in [3.8, 4) is 17.2 Å². The maximum absolute atomic E-state index is 16.0. The first-order valence-electron chi connectivity index (χ1n) is 22.1. The fraction of sp³-hybridized carbons (Fsp3) is 0.362. The van der Waals surface area contributed by atoms with Crippen molar-refractivity contribution in [2.45, 2.75) is 63.3 Å². The van der Waals surface area contributed by atoms with Crippen LogP contribution in [0.3, 0.4) is 0 Å². The van der Waals surface area contributed by atoms with E-state index in [1.54, 1.807) is 47.1 Å². The number of nitrogens with zero attached hydrogens (tertiary/aromatic N) is 9. The number of nitriles is 1. The van der Waals surface area contributed by atoms with Gasteiger partial charge in [0.05, 0.1) is 41.8 Å². The van der Waals surface area contributed by atoms with Crippen LogP contribution in [0, 0.1) is 17.1 Å². The number of rotatable bonds is 10. The summed E-state index contributed by atoms with van der Waals surface area (Å²) >= 11 is 1.26. The predicted molar refractivity (Wildman–Crippen MR) is 242 cm³/mol. The second-order valence-electron chi connectivity index (χ2n) is 17.4. The van der Waals surface area contributed by atoms with Crippen LogP contribution in [0.2, 0.25) is 0 Å². The Balaban J connectivity index is 0.748. The number of hydrogen-bond acceptors (Lipinski definition) is 12. The number of carbonyl (C=O) groups is 5. The van der Waals surface area contributed by atoms with Gasteiger partial charge in [0.15, 0.2) is 11.2 Å². The van der Waals surface area contributed by atoms with E-state index in [4.69, 9.17) is 0 Å². The van der Waals surface area contributed by atoms with Crippen LogP contribution in [0.25, 0.3) is 11.1 Å². The second-order valence-corrected chi connectivity index (χ2v) is 18.3. The van der Waals surface area contributed by atoms with E-state index >= 15 is 4.39 Å². The molecule has 0 saturated carbocycles. The number of aromatic nitrogens is 3. The minimum absolute atomic E-state index is 0.00804. The third-order valence-corrected chi connectivity index (χ3v) is 14.2. The summed E-state index contributed by atoms with van der Waals surface area (Å²) in [6, 6.07) is 16.5. The van der Waals surface area contributed by atoms with Crippen molar-refractivity contribution >= 4 is 63.2 Å². The smallest absolute Gasteiger partial charge is 0.328 e. The number of imide groups is 1. The summed E-state index contributed by atoms with van der Waals surface area (Å²) in [5, 5.41) is 28.8. The number of imidazole rings is 1. The van der Waals surface area contributed by atoms with Gasteiger partial charge in [0.1, 0.15) is 11.9 Å². The Morgan fingerprint density at radius 3 is 2.41 bits per heavy atom. The molecule has 1 atom stereocenters. The average molecular weight is 912 g/mol. The maximum Gasteiger partial charge on any atom is 0.328 e. The molecule has 3 N–H and O–H groups in total. The lowest BCUT2D eigenvalue weighted by atomic mass is 9.87. The van der Waals surface area contributed by atoms with Gasteiger partial charge in [0, 0.05) is 98.6 Å². The lowest BCUT2D eigenvalue weighted by Crippen LogP contribution is -2.52. The van der Waals surface area contributed by atoms with Crippen LogP contribution >= 0.6 is 11.3 Å². The highest BCUT2D eigenvalue weighted by atomic mass is 32.1. The monoisotopic (exact) mass is 911 g/mol. The van der Waals surface area contributed by atoms with E-state index in [0.29, 0.717) is 85.4 Å². The van der Waals surface area contributed by atoms with Crippen LogP contribution in [0.1, 0.15) is 71.0 Å². The van der Waals surface area contributed by atoms with Gasteiger partial charge in [-0.1, -0.05) is 12.1 Å². The lowest BCUT2D eigenvalue weighted by molar-refractivity contribution is -0.137. The standard InChI is InChI=1S/C47H46FN11O6S/c48-36-24-30(23-34-35(36)27-59(44(34)63)42(43(62)53-45-50-12-21-66-45)41-38-2-1-13-57(38)28-51-41)29-3-5-32(6-4-29)54-17-19-56(20-18-54)40(61)25-47(65)10-15-55(16-11-47)37-8-7-33(22-31(37)26-49)58-14-9-39(60)52-46(58)64/h3-8,12,21-24,28,42,65H,1-2,9-11,13-20,25,27H2,(H,50,53,62)(H,52,60,64). The molecular weight excluding hydrogens is 866 g/mol. The predicted octanol–water partition coefficient (Wildman–Crippen LogP) is 4.82. The number of nitrogens with one attached hydrogen (secondary N) is 2. The van der Waals surface area contributed by atoms with Gasteiger partial charge in [-0.25, -0.2) is 19.2 Å². The molecule has 7 heterocycles. The third kappa shape index (κ3) is 8.11. The summed E-state index contributed by atoms with van der Waals surface area (Å²) in [5.41, 5.74) is 4.39. The molecule has 10 rings (SSSR count). The molecule has 3 saturated heterocycles. The molecule has 0 radical (unpaired) electrons. The van der Waals surface area contributed by atoms with E-state index in [9.17, 15) is 34.3 Å². The minimum Gasteiger partial charge on any atom is -0.389 e. The molecule has 338 valence electrons. The van der Waals surface area contributed by atoms with Crippen LogP contribution in [-0.2, 0) is 33.9 Å². The number of piperazine rings is 1. The number of hydrogen-bond donors (Lipinski definition) is 3. The van der Waals surface area contributed by atoms with E-state index in [0.717, 1.165) is 36.3 Å². The van der Waals surface area contributed by atoms with E-state index in [1.807, 2.05) is 33.7 Å². The summed E-state index contributed by atoms with van der Waals surface area (Å²) < 4.78 is 18.0. The van der Waals surface area contributed by atoms with Crippen molar-refractivity contribution in [1.29, 1.82) is 5.26 Å². The zero-order valence-corrected chi connectivity index (χ0v) is 36.7. The molecule has 1 unspecified atom stereocenters. The van der Waals surface area contributed by atoms with Crippen molar-refractivity contribution in [1.82, 2.24) is 29.7 Å². The van der Waals surface area contributed by atoms with Crippen molar-refractivity contribution < 1.29 is 33.5 Å². The molecule has 66 heavy (non-hydrogen) atoms. The van der Waals surface area contributed by atoms with Crippen LogP contribution < -0.4 is 25.3 Å². The number of piperidine rings is 1. The zero-order chi connectivity index (χ0) is 45.7. The molecule has 19 heteroatoms. The third-order valence-electron chi connectivity index (χ3n) is 13.5. The van der Waals surface area contributed by atoms with Gasteiger partial charge >= 0.3 is 6.03 Å². The van der Waals surface area contributed by atoms with Crippen molar-refractivity contribution in [3.05, 3.63) is 106 Å². The first kappa shape index (κ1) is 42.8. The number of thiazole rings is 1. The summed E-state index contributed by atoms with van der Waals surface area (Å²) in [7, 11) is 0. The van der Waals surface area contributed by atoms with Gasteiger partial charge in [-0.15, -0.1) is 11.3 Å². The fourth-order valence-corrected chi connectivity index (χ4v) is 10.4. The number of benzene rings is 3. The molecular formula is C47H46FN11O6S. The summed E-state index contributed by atoms with van der Waals surface area (Å²) in [6.45, 7) is 3.91. The number of urea groups is 1. The molecule has 0 bridgehead atoms. The second kappa shape index (κ2) is 17.3. The highest BCUT2D eigenvalue weighted by Gasteiger charge is 2.42. The molecule has 3 aromatic carbocycles. The van der Waals surface area contributed by atoms with E-state index < -0.39 is 35.3 Å². The fourth-order valence-electron chi connectivity index (χ4n) is 9.85. The number of carbonyl (C=O) groups excluding carboxylic acids is 5. The molecule has 5 aliphatic rings. The van der Waals surface area contributed by atoms with Gasteiger partial charge in [-0.3, -0.25) is 34.7 Å². The Labute approximate surface area is 383 Å². The normalized spacial score (nSPS) is 18.5. The lowest BCUT2D eigenvalue weighted by Gasteiger charge is -2.41. The molecule has 0 aliphatic carbocycles. The van der Waals surface area contributed by atoms with Crippen LogP contribution in [0.4, 0.5) is 31.4 Å². The summed E-state index contributed by atoms with van der Waals surface area (Å²) in [5.74, 6) is -1.89. The molecule has 5 aromatic rings. The summed E-state index contributed by atoms with van der Waals surface area (Å²) in [4.78, 5) is 83.1. The van der Waals surface area contributed by atoms with Gasteiger partial charge < -0.3 is 29.3 Å². The molecule has 5 aliphatic heterocycles. The number of aliphatic hydroxyl groups is 1. The Kier molecular flexibility index (Phi) is 11.2. The van der Waals surface area contributed by atoms with Crippen molar-refractivity contribution in [2.24, 2.45) is 0 Å². The topological polar surface area (TPSA) is 200 Å². The van der Waals surface area contributed by atoms with Crippen molar-refractivity contribution in [3.63, 3.8) is 0 Å². The number of fused-ring (bicyclic) bond motifs is 2. The molecule has 0 spiro atoms. The van der Waals surface area contributed by atoms with E-state index in [2.05, 4.69) is 31.6 Å². The molecule has 6 amide bonds. The van der Waals surface area contributed by atoms with Gasteiger partial charge in [-0.05, 0) is 79.3 Å². The maximum atomic E-state index is 16.0. The van der Waals surface area contributed by atoms with E-state index in [1.165, 1.54) is 27.2 Å². The number of amides is 6. The Morgan fingerprint density at radius 2 is 1.68 bits per heavy atom. The van der Waals surface area contributed by atoms with Gasteiger partial charge in [-0.2, -0.15) is 5.26 Å². The Morgan fingerprint density at radius 1 is 0.909 bits per heavy atom. The molecule has 17 nitrogen and oxygen atoms in total. The van der Waals surface area contributed by atoms with Gasteiger partial charge in [0.25, 0.3) is 11.8 Å². The quantitative estimate of drug-likeness (QED) is 0.174. The van der Waals surface area contributed by atoms with E-state index in [-0.39, 0.29) is 48.9 Å². The number of halogens is 1. The highest BCUT2D eigenvalue weighted by Crippen LogP contribution is 2.39. The Bertz CT molecular complexity index is 2790. The van der Waals surface area contributed by atoms with Crippen molar-refractivity contribution in [2.75, 3.05) is 65.8 Å². The number of anilines is 4. The first-order valence-corrected chi connectivity index (χ1v) is 23.0. The SMILES string of the molecule is N#Cc1cc(N2CCC(=O)NC2=O)ccc1N1CCC(O)(CC(=O)N2CCN(c3ccc(-c4cc(F)c5c(c4)C(=O)N(C(C(=O)Nc4nccs4)c4ncn6c4CCC6)C5)cc3)CC2)CC1. The molecule has 3 fully saturated rings. The zero-order valence-electron chi connectivity index (χ0n) is 35.9. The minimum atomic E-state index is -1.19. The van der Waals surface area contributed by atoms with Crippen LogP contribution in [-0.4, -0.2) is 111 Å². The largest absolute Gasteiger partial charge is 0.389 e. The van der Waals surface area contributed by atoms with Crippen LogP contribution in [0.5, 0.6) is 0 Å². The highest BCUT2D eigenvalue weighted by molar-refractivity contribution is 7.13. The molecule has 2 aromatic heterocycles.